The minimum atomic E-state index is -0.0229. The lowest BCUT2D eigenvalue weighted by atomic mass is 9.98. The number of nitrogens with zero attached hydrogens (tertiary/aromatic N) is 5. The van der Waals surface area contributed by atoms with Crippen molar-refractivity contribution in [2.75, 3.05) is 11.4 Å². The number of halogens is 1. The van der Waals surface area contributed by atoms with Gasteiger partial charge < -0.3 is 4.90 Å². The van der Waals surface area contributed by atoms with Crippen molar-refractivity contribution in [1.82, 2.24) is 19.7 Å². The highest BCUT2D eigenvalue weighted by Crippen LogP contribution is 2.28. The molecule has 7 heteroatoms. The number of fused-ring (bicyclic) bond motifs is 1. The maximum absolute atomic E-state index is 12.9. The van der Waals surface area contributed by atoms with E-state index in [4.69, 9.17) is 11.6 Å². The predicted molar refractivity (Wildman–Crippen MR) is 94.9 cm³/mol. The average Bonchev–Trinajstić information content (AvgIpc) is 3.16. The Labute approximate surface area is 150 Å². The van der Waals surface area contributed by atoms with E-state index >= 15 is 0 Å². The van der Waals surface area contributed by atoms with Crippen LogP contribution in [0.1, 0.15) is 34.5 Å². The Balaban J connectivity index is 1.66. The Morgan fingerprint density at radius 2 is 2.08 bits per heavy atom. The Morgan fingerprint density at radius 3 is 2.88 bits per heavy atom. The molecule has 1 atom stereocenters. The van der Waals surface area contributed by atoms with Gasteiger partial charge in [-0.15, -0.1) is 0 Å². The number of carbonyl (C=O) groups excluding carboxylic acids is 1. The Morgan fingerprint density at radius 1 is 1.20 bits per heavy atom. The predicted octanol–water partition coefficient (Wildman–Crippen LogP) is 3.14. The minimum absolute atomic E-state index is 0.0130. The maximum Gasteiger partial charge on any atom is 0.258 e. The molecule has 0 spiro atoms. The van der Waals surface area contributed by atoms with Crippen LogP contribution in [0.2, 0.25) is 5.02 Å². The fraction of sp³-hybridized carbons (Fsp3) is 0.222. The molecule has 0 bridgehead atoms. The van der Waals surface area contributed by atoms with Gasteiger partial charge in [0.15, 0.2) is 0 Å². The van der Waals surface area contributed by atoms with Gasteiger partial charge in [-0.1, -0.05) is 11.6 Å². The van der Waals surface area contributed by atoms with Gasteiger partial charge in [-0.25, -0.2) is 9.67 Å². The molecule has 1 aliphatic heterocycles. The van der Waals surface area contributed by atoms with Gasteiger partial charge in [0.2, 0.25) is 0 Å². The largest absolute Gasteiger partial charge is 0.306 e. The van der Waals surface area contributed by atoms with Gasteiger partial charge in [-0.3, -0.25) is 9.78 Å². The van der Waals surface area contributed by atoms with Crippen LogP contribution in [0.15, 0.2) is 49.3 Å². The molecule has 1 aliphatic rings. The van der Waals surface area contributed by atoms with E-state index in [2.05, 4.69) is 15.1 Å². The standard InChI is InChI=1S/C18H16ClN5O/c1-12(24-11-21-10-22-24)14-7-16(9-20-8-14)23-5-4-13-6-15(19)2-3-17(13)18(23)25/h2-3,6-12H,4-5H2,1H3. The molecule has 0 radical (unpaired) electrons. The lowest BCUT2D eigenvalue weighted by Crippen LogP contribution is -2.37. The fourth-order valence-electron chi connectivity index (χ4n) is 3.09. The van der Waals surface area contributed by atoms with E-state index in [1.165, 1.54) is 6.33 Å². The summed E-state index contributed by atoms with van der Waals surface area (Å²) in [4.78, 5) is 22.9. The van der Waals surface area contributed by atoms with Gasteiger partial charge in [0.1, 0.15) is 12.7 Å². The molecule has 3 aromatic rings. The number of carbonyl (C=O) groups is 1. The van der Waals surface area contributed by atoms with Gasteiger partial charge >= 0.3 is 0 Å². The molecule has 1 aromatic carbocycles. The first-order valence-corrected chi connectivity index (χ1v) is 8.40. The molecule has 25 heavy (non-hydrogen) atoms. The summed E-state index contributed by atoms with van der Waals surface area (Å²) < 4.78 is 1.76. The zero-order valence-electron chi connectivity index (χ0n) is 13.6. The Hall–Kier alpha value is -2.73. The maximum atomic E-state index is 12.9. The van der Waals surface area contributed by atoms with E-state index in [1.54, 1.807) is 40.4 Å². The van der Waals surface area contributed by atoms with Crippen LogP contribution in [-0.2, 0) is 6.42 Å². The molecule has 4 rings (SSSR count). The molecule has 0 saturated carbocycles. The van der Waals surface area contributed by atoms with Crippen molar-refractivity contribution in [3.05, 3.63) is 71.0 Å². The molecule has 126 valence electrons. The number of benzene rings is 1. The zero-order valence-corrected chi connectivity index (χ0v) is 14.4. The molecule has 3 heterocycles. The van der Waals surface area contributed by atoms with Crippen LogP contribution in [0.4, 0.5) is 5.69 Å². The number of rotatable bonds is 3. The third-order valence-corrected chi connectivity index (χ3v) is 4.76. The SMILES string of the molecule is CC(c1cncc(N2CCc3cc(Cl)ccc3C2=O)c1)n1cncn1. The Kier molecular flexibility index (Phi) is 3.97. The summed E-state index contributed by atoms with van der Waals surface area (Å²) in [5.74, 6) is -0.0229. The quantitative estimate of drug-likeness (QED) is 0.725. The third kappa shape index (κ3) is 2.89. The number of anilines is 1. The van der Waals surface area contributed by atoms with Gasteiger partial charge in [0, 0.05) is 23.3 Å². The van der Waals surface area contributed by atoms with E-state index in [0.717, 1.165) is 23.2 Å². The molecule has 0 saturated heterocycles. The number of hydrogen-bond donors (Lipinski definition) is 0. The summed E-state index contributed by atoms with van der Waals surface area (Å²) in [5.41, 5.74) is 3.45. The van der Waals surface area contributed by atoms with Crippen LogP contribution >= 0.6 is 11.6 Å². The van der Waals surface area contributed by atoms with Crippen LogP contribution in [-0.4, -0.2) is 32.2 Å². The lowest BCUT2D eigenvalue weighted by molar-refractivity contribution is 0.0980. The highest BCUT2D eigenvalue weighted by molar-refractivity contribution is 6.30. The summed E-state index contributed by atoms with van der Waals surface area (Å²) in [6, 6.07) is 7.39. The van der Waals surface area contributed by atoms with Crippen molar-refractivity contribution >= 4 is 23.2 Å². The number of aromatic nitrogens is 4. The smallest absolute Gasteiger partial charge is 0.258 e. The van der Waals surface area contributed by atoms with Crippen LogP contribution in [0.5, 0.6) is 0 Å². The first-order chi connectivity index (χ1) is 12.1. The van der Waals surface area contributed by atoms with E-state index in [-0.39, 0.29) is 11.9 Å². The summed E-state index contributed by atoms with van der Waals surface area (Å²) in [7, 11) is 0. The molecule has 1 amide bonds. The van der Waals surface area contributed by atoms with Crippen molar-refractivity contribution in [2.24, 2.45) is 0 Å². The first kappa shape index (κ1) is 15.8. The van der Waals surface area contributed by atoms with E-state index in [0.29, 0.717) is 17.1 Å². The summed E-state index contributed by atoms with van der Waals surface area (Å²) in [5, 5.41) is 4.83. The van der Waals surface area contributed by atoms with Crippen molar-refractivity contribution in [3.8, 4) is 0 Å². The molecule has 6 nitrogen and oxygen atoms in total. The molecule has 0 aliphatic carbocycles. The van der Waals surface area contributed by atoms with Gasteiger partial charge in [0.25, 0.3) is 5.91 Å². The number of pyridine rings is 1. The van der Waals surface area contributed by atoms with E-state index < -0.39 is 0 Å². The highest BCUT2D eigenvalue weighted by Gasteiger charge is 2.26. The van der Waals surface area contributed by atoms with Crippen molar-refractivity contribution in [2.45, 2.75) is 19.4 Å². The highest BCUT2D eigenvalue weighted by atomic mass is 35.5. The second-order valence-electron chi connectivity index (χ2n) is 6.04. The molecule has 1 unspecified atom stereocenters. The molecular formula is C18H16ClN5O. The van der Waals surface area contributed by atoms with Gasteiger partial charge in [-0.05, 0) is 48.7 Å². The summed E-state index contributed by atoms with van der Waals surface area (Å²) in [6.07, 6.45) is 7.45. The number of hydrogen-bond acceptors (Lipinski definition) is 4. The minimum Gasteiger partial charge on any atom is -0.306 e. The second kappa shape index (κ2) is 6.29. The van der Waals surface area contributed by atoms with Crippen LogP contribution in [0, 0.1) is 0 Å². The normalized spacial score (nSPS) is 15.1. The Bertz CT molecular complexity index is 925. The monoisotopic (exact) mass is 353 g/mol. The number of amides is 1. The van der Waals surface area contributed by atoms with Crippen molar-refractivity contribution < 1.29 is 4.79 Å². The summed E-state index contributed by atoms with van der Waals surface area (Å²) >= 11 is 6.03. The van der Waals surface area contributed by atoms with Crippen LogP contribution in [0.3, 0.4) is 0 Å². The molecule has 2 aromatic heterocycles. The second-order valence-corrected chi connectivity index (χ2v) is 6.47. The molecular weight excluding hydrogens is 338 g/mol. The van der Waals surface area contributed by atoms with E-state index in [9.17, 15) is 4.79 Å². The van der Waals surface area contributed by atoms with E-state index in [1.807, 2.05) is 19.1 Å². The molecule has 0 fully saturated rings. The van der Waals surface area contributed by atoms with Gasteiger partial charge in [-0.2, -0.15) is 5.10 Å². The van der Waals surface area contributed by atoms with Crippen LogP contribution < -0.4 is 4.90 Å². The lowest BCUT2D eigenvalue weighted by Gasteiger charge is -2.29. The third-order valence-electron chi connectivity index (χ3n) is 4.52. The zero-order chi connectivity index (χ0) is 17.4. The van der Waals surface area contributed by atoms with Gasteiger partial charge in [0.05, 0.1) is 17.9 Å². The summed E-state index contributed by atoms with van der Waals surface area (Å²) in [6.45, 7) is 2.62. The fourth-order valence-corrected chi connectivity index (χ4v) is 3.29. The first-order valence-electron chi connectivity index (χ1n) is 8.03. The molecule has 0 N–H and O–H groups in total. The topological polar surface area (TPSA) is 63.9 Å². The van der Waals surface area contributed by atoms with Crippen LogP contribution in [0.25, 0.3) is 0 Å². The average molecular weight is 354 g/mol. The van der Waals surface area contributed by atoms with Crippen molar-refractivity contribution in [3.63, 3.8) is 0 Å². The van der Waals surface area contributed by atoms with Crippen molar-refractivity contribution in [1.29, 1.82) is 0 Å².